The van der Waals surface area contributed by atoms with E-state index in [0.717, 1.165) is 5.56 Å². The molecule has 0 spiro atoms. The number of fused-ring (bicyclic) bond motifs is 1. The van der Waals surface area contributed by atoms with Crippen molar-refractivity contribution in [3.05, 3.63) is 39.9 Å². The van der Waals surface area contributed by atoms with Gasteiger partial charge in [-0.2, -0.15) is 0 Å². The number of nitrogens with one attached hydrogen (secondary N) is 1. The molecule has 0 saturated heterocycles. The van der Waals surface area contributed by atoms with Crippen LogP contribution in [0.4, 0.5) is 5.69 Å². The third-order valence-corrected chi connectivity index (χ3v) is 3.42. The van der Waals surface area contributed by atoms with Crippen molar-refractivity contribution in [1.29, 1.82) is 0 Å². The molecule has 1 amide bonds. The predicted molar refractivity (Wildman–Crippen MR) is 68.0 cm³/mol. The highest BCUT2D eigenvalue weighted by molar-refractivity contribution is 5.96. The van der Waals surface area contributed by atoms with Crippen LogP contribution < -0.4 is 5.32 Å². The summed E-state index contributed by atoms with van der Waals surface area (Å²) in [7, 11) is 0. The molecule has 5 nitrogen and oxygen atoms in total. The Morgan fingerprint density at radius 3 is 2.67 bits per heavy atom. The van der Waals surface area contributed by atoms with Crippen LogP contribution in [0.1, 0.15) is 25.3 Å². The maximum absolute atomic E-state index is 12.1. The van der Waals surface area contributed by atoms with E-state index in [1.165, 1.54) is 0 Å². The van der Waals surface area contributed by atoms with Gasteiger partial charge in [0.2, 0.25) is 12.5 Å². The molecule has 0 fully saturated rings. The topological polar surface area (TPSA) is 72.2 Å². The first-order valence-corrected chi connectivity index (χ1v) is 6.02. The van der Waals surface area contributed by atoms with Gasteiger partial charge in [0.15, 0.2) is 0 Å². The predicted octanol–water partition coefficient (Wildman–Crippen LogP) is 2.27. The van der Waals surface area contributed by atoms with Crippen molar-refractivity contribution in [3.63, 3.8) is 0 Å². The first-order chi connectivity index (χ1) is 8.50. The second-order valence-electron chi connectivity index (χ2n) is 4.97. The van der Waals surface area contributed by atoms with Gasteiger partial charge in [-0.05, 0) is 17.5 Å². The van der Waals surface area contributed by atoms with Crippen LogP contribution in [0.5, 0.6) is 0 Å². The first-order valence-electron chi connectivity index (χ1n) is 6.02. The van der Waals surface area contributed by atoms with Crippen LogP contribution in [0.25, 0.3) is 0 Å². The largest absolute Gasteiger partial charge is 0.326 e. The average molecular weight is 248 g/mol. The molecular weight excluding hydrogens is 232 g/mol. The minimum atomic E-state index is -0.343. The number of anilines is 1. The quantitative estimate of drug-likeness (QED) is 0.658. The van der Waals surface area contributed by atoms with Crippen LogP contribution in [0.15, 0.2) is 24.3 Å². The maximum Gasteiger partial charge on any atom is 0.228 e. The minimum Gasteiger partial charge on any atom is -0.326 e. The van der Waals surface area contributed by atoms with Crippen LogP contribution in [-0.4, -0.2) is 17.4 Å². The molecule has 2 atom stereocenters. The molecule has 96 valence electrons. The second-order valence-corrected chi connectivity index (χ2v) is 4.97. The molecule has 1 aliphatic heterocycles. The van der Waals surface area contributed by atoms with E-state index in [1.54, 1.807) is 6.07 Å². The molecule has 18 heavy (non-hydrogen) atoms. The lowest BCUT2D eigenvalue weighted by Crippen LogP contribution is -2.39. The second kappa shape index (κ2) is 4.76. The number of nitrogens with zero attached hydrogens (tertiary/aromatic N) is 1. The summed E-state index contributed by atoms with van der Waals surface area (Å²) >= 11 is 0. The molecule has 0 bridgehead atoms. The van der Waals surface area contributed by atoms with E-state index in [9.17, 15) is 14.9 Å². The summed E-state index contributed by atoms with van der Waals surface area (Å²) in [6.07, 6.45) is 0. The molecule has 1 heterocycles. The van der Waals surface area contributed by atoms with E-state index in [4.69, 9.17) is 0 Å². The Kier molecular flexibility index (Phi) is 3.32. The zero-order valence-electron chi connectivity index (χ0n) is 10.4. The van der Waals surface area contributed by atoms with E-state index >= 15 is 0 Å². The van der Waals surface area contributed by atoms with Gasteiger partial charge in [0.1, 0.15) is 0 Å². The Bertz CT molecular complexity index is 485. The van der Waals surface area contributed by atoms with Gasteiger partial charge in [-0.3, -0.25) is 14.9 Å². The highest BCUT2D eigenvalue weighted by Gasteiger charge is 2.40. The molecule has 1 aromatic rings. The lowest BCUT2D eigenvalue weighted by molar-refractivity contribution is -0.484. The molecule has 5 heteroatoms. The first kappa shape index (κ1) is 12.5. The molecule has 2 rings (SSSR count). The molecule has 1 aliphatic rings. The lowest BCUT2D eigenvalue weighted by Gasteiger charge is -2.33. The monoisotopic (exact) mass is 248 g/mol. The van der Waals surface area contributed by atoms with Crippen molar-refractivity contribution in [2.24, 2.45) is 11.8 Å². The number of hydrogen-bond acceptors (Lipinski definition) is 3. The molecule has 0 aromatic heterocycles. The van der Waals surface area contributed by atoms with Gasteiger partial charge in [-0.15, -0.1) is 0 Å². The molecular formula is C13H16N2O3. The molecule has 1 N–H and O–H groups in total. The molecule has 0 aliphatic carbocycles. The van der Waals surface area contributed by atoms with E-state index in [2.05, 4.69) is 5.32 Å². The van der Waals surface area contributed by atoms with Crippen LogP contribution in [0.2, 0.25) is 0 Å². The van der Waals surface area contributed by atoms with Crippen molar-refractivity contribution >= 4 is 11.6 Å². The Hall–Kier alpha value is -1.91. The smallest absolute Gasteiger partial charge is 0.228 e. The Morgan fingerprint density at radius 1 is 1.39 bits per heavy atom. The zero-order chi connectivity index (χ0) is 13.3. The van der Waals surface area contributed by atoms with Gasteiger partial charge < -0.3 is 5.32 Å². The minimum absolute atomic E-state index is 0.0725. The normalized spacial score (nSPS) is 22.5. The number of hydrogen-bond donors (Lipinski definition) is 1. The highest BCUT2D eigenvalue weighted by atomic mass is 16.6. The number of carbonyl (C=O) groups excluding carboxylic acids is 1. The number of para-hydroxylation sites is 1. The van der Waals surface area contributed by atoms with Crippen LogP contribution in [0.3, 0.4) is 0 Å². The van der Waals surface area contributed by atoms with Gasteiger partial charge in [0, 0.05) is 10.6 Å². The molecule has 0 radical (unpaired) electrons. The van der Waals surface area contributed by atoms with E-state index in [0.29, 0.717) is 5.69 Å². The van der Waals surface area contributed by atoms with E-state index in [1.807, 2.05) is 32.0 Å². The number of amides is 1. The van der Waals surface area contributed by atoms with Gasteiger partial charge in [-0.1, -0.05) is 32.0 Å². The standard InChI is InChI=1S/C13H16N2O3/c1-8(2)12-10(7-15(17)18)9-5-3-4-6-11(9)14-13(12)16/h3-6,8,10,12H,7H2,1-2H3,(H,14,16)/t10-,12-/m0/s1. The van der Waals surface area contributed by atoms with Crippen LogP contribution in [-0.2, 0) is 4.79 Å². The van der Waals surface area contributed by atoms with Gasteiger partial charge in [0.05, 0.1) is 11.8 Å². The van der Waals surface area contributed by atoms with Crippen molar-refractivity contribution in [2.75, 3.05) is 11.9 Å². The number of benzene rings is 1. The maximum atomic E-state index is 12.1. The molecule has 1 aromatic carbocycles. The summed E-state index contributed by atoms with van der Waals surface area (Å²) in [5.74, 6) is -0.728. The summed E-state index contributed by atoms with van der Waals surface area (Å²) in [6.45, 7) is 3.64. The van der Waals surface area contributed by atoms with Crippen LogP contribution >= 0.6 is 0 Å². The van der Waals surface area contributed by atoms with Gasteiger partial charge >= 0.3 is 0 Å². The third-order valence-electron chi connectivity index (χ3n) is 3.42. The summed E-state index contributed by atoms with van der Waals surface area (Å²) in [4.78, 5) is 22.5. The summed E-state index contributed by atoms with van der Waals surface area (Å²) in [6, 6.07) is 7.31. The average Bonchev–Trinajstić information content (AvgIpc) is 2.27. The van der Waals surface area contributed by atoms with Crippen molar-refractivity contribution in [1.82, 2.24) is 0 Å². The highest BCUT2D eigenvalue weighted by Crippen LogP contribution is 2.39. The van der Waals surface area contributed by atoms with E-state index < -0.39 is 0 Å². The number of rotatable bonds is 3. The zero-order valence-corrected chi connectivity index (χ0v) is 10.4. The number of carbonyl (C=O) groups is 1. The van der Waals surface area contributed by atoms with Crippen molar-refractivity contribution in [2.45, 2.75) is 19.8 Å². The Morgan fingerprint density at radius 2 is 2.06 bits per heavy atom. The van der Waals surface area contributed by atoms with E-state index in [-0.39, 0.29) is 35.1 Å². The summed E-state index contributed by atoms with van der Waals surface area (Å²) in [5, 5.41) is 13.7. The lowest BCUT2D eigenvalue weighted by atomic mass is 9.76. The number of nitro groups is 1. The van der Waals surface area contributed by atoms with Gasteiger partial charge in [-0.25, -0.2) is 0 Å². The Labute approximate surface area is 105 Å². The summed E-state index contributed by atoms with van der Waals surface area (Å²) in [5.41, 5.74) is 1.57. The third kappa shape index (κ3) is 2.20. The van der Waals surface area contributed by atoms with Crippen molar-refractivity contribution < 1.29 is 9.72 Å². The van der Waals surface area contributed by atoms with Crippen LogP contribution in [0, 0.1) is 22.0 Å². The SMILES string of the molecule is CC(C)[C@@H]1C(=O)Nc2ccccc2[C@@H]1C[N+](=O)[O-]. The fourth-order valence-electron chi connectivity index (χ4n) is 2.67. The molecule has 0 unspecified atom stereocenters. The van der Waals surface area contributed by atoms with Crippen molar-refractivity contribution in [3.8, 4) is 0 Å². The molecule has 0 saturated carbocycles. The Balaban J connectivity index is 2.45. The summed E-state index contributed by atoms with van der Waals surface area (Å²) < 4.78 is 0. The fraction of sp³-hybridized carbons (Fsp3) is 0.462. The van der Waals surface area contributed by atoms with Gasteiger partial charge in [0.25, 0.3) is 0 Å². The fourth-order valence-corrected chi connectivity index (χ4v) is 2.67.